The van der Waals surface area contributed by atoms with Gasteiger partial charge in [0.2, 0.25) is 0 Å². The molecular formula is C13H18N2O2S. The van der Waals surface area contributed by atoms with Crippen LogP contribution in [-0.4, -0.2) is 22.0 Å². The maximum Gasteiger partial charge on any atom is 0.163 e. The molecular weight excluding hydrogens is 248 g/mol. The summed E-state index contributed by atoms with van der Waals surface area (Å²) in [4.78, 5) is 0.978. The van der Waals surface area contributed by atoms with Crippen molar-refractivity contribution < 1.29 is 9.84 Å². The zero-order valence-electron chi connectivity index (χ0n) is 10.9. The van der Waals surface area contributed by atoms with Gasteiger partial charge in [-0.1, -0.05) is 6.92 Å². The minimum Gasteiger partial charge on any atom is -0.493 e. The van der Waals surface area contributed by atoms with Crippen molar-refractivity contribution in [1.82, 2.24) is 9.78 Å². The maximum atomic E-state index is 10.6. The molecule has 0 radical (unpaired) electrons. The van der Waals surface area contributed by atoms with Gasteiger partial charge >= 0.3 is 0 Å². The van der Waals surface area contributed by atoms with Gasteiger partial charge in [-0.25, -0.2) is 0 Å². The lowest BCUT2D eigenvalue weighted by atomic mass is 10.1. The summed E-state index contributed by atoms with van der Waals surface area (Å²) in [5, 5.41) is 16.8. The third kappa shape index (κ3) is 2.15. The summed E-state index contributed by atoms with van der Waals surface area (Å²) in [6.07, 6.45) is 1.90. The predicted molar refractivity (Wildman–Crippen MR) is 72.2 cm³/mol. The van der Waals surface area contributed by atoms with E-state index in [1.54, 1.807) is 29.3 Å². The number of hydrogen-bond acceptors (Lipinski definition) is 4. The lowest BCUT2D eigenvalue weighted by molar-refractivity contribution is 0.205. The van der Waals surface area contributed by atoms with E-state index in [0.717, 1.165) is 17.0 Å². The summed E-state index contributed by atoms with van der Waals surface area (Å²) < 4.78 is 7.06. The molecule has 0 spiro atoms. The van der Waals surface area contributed by atoms with Crippen LogP contribution in [0.2, 0.25) is 0 Å². The fraction of sp³-hybridized carbons (Fsp3) is 0.462. The molecule has 0 saturated heterocycles. The minimum atomic E-state index is -0.669. The Bertz CT molecular complexity index is 497. The molecule has 5 heteroatoms. The number of rotatable bonds is 5. The normalized spacial score (nSPS) is 12.7. The first-order valence-electron chi connectivity index (χ1n) is 6.06. The van der Waals surface area contributed by atoms with E-state index in [0.29, 0.717) is 12.3 Å². The highest BCUT2D eigenvalue weighted by molar-refractivity contribution is 7.10. The van der Waals surface area contributed by atoms with Crippen LogP contribution in [0.3, 0.4) is 0 Å². The topological polar surface area (TPSA) is 47.3 Å². The summed E-state index contributed by atoms with van der Waals surface area (Å²) in [6, 6.07) is 2.06. The molecule has 2 aromatic heterocycles. The Morgan fingerprint density at radius 3 is 2.89 bits per heavy atom. The zero-order chi connectivity index (χ0) is 13.1. The van der Waals surface area contributed by atoms with E-state index >= 15 is 0 Å². The lowest BCUT2D eigenvalue weighted by Gasteiger charge is -2.14. The van der Waals surface area contributed by atoms with Crippen LogP contribution >= 0.6 is 11.3 Å². The Hall–Kier alpha value is -1.33. The third-order valence-corrected chi connectivity index (χ3v) is 4.04. The van der Waals surface area contributed by atoms with Crippen LogP contribution in [0.5, 0.6) is 5.75 Å². The molecule has 4 nitrogen and oxygen atoms in total. The van der Waals surface area contributed by atoms with Gasteiger partial charge in [-0.3, -0.25) is 4.68 Å². The van der Waals surface area contributed by atoms with Gasteiger partial charge in [-0.15, -0.1) is 11.3 Å². The molecule has 98 valence electrons. The van der Waals surface area contributed by atoms with Crippen LogP contribution in [0.15, 0.2) is 17.6 Å². The monoisotopic (exact) mass is 266 g/mol. The summed E-state index contributed by atoms with van der Waals surface area (Å²) in [6.45, 7) is 4.80. The second-order valence-corrected chi connectivity index (χ2v) is 4.93. The number of aromatic nitrogens is 2. The standard InChI is InChI=1S/C13H18N2O2S/c1-4-9-6-7-18-13(9)12(16)11-10(17-3)8-14-15(11)5-2/h6-8,12,16H,4-5H2,1-3H3. The first-order valence-corrected chi connectivity index (χ1v) is 6.94. The number of thiophene rings is 1. The second kappa shape index (κ2) is 5.54. The highest BCUT2D eigenvalue weighted by atomic mass is 32.1. The van der Waals surface area contributed by atoms with E-state index in [9.17, 15) is 5.11 Å². The molecule has 1 unspecified atom stereocenters. The van der Waals surface area contributed by atoms with E-state index in [-0.39, 0.29) is 0 Å². The number of methoxy groups -OCH3 is 1. The fourth-order valence-corrected chi connectivity index (χ4v) is 3.05. The van der Waals surface area contributed by atoms with Gasteiger partial charge in [-0.2, -0.15) is 5.10 Å². The molecule has 0 fully saturated rings. The summed E-state index contributed by atoms with van der Waals surface area (Å²) in [7, 11) is 1.60. The summed E-state index contributed by atoms with van der Waals surface area (Å²) in [5.74, 6) is 0.639. The van der Waals surface area contributed by atoms with Crippen molar-refractivity contribution in [3.8, 4) is 5.75 Å². The van der Waals surface area contributed by atoms with Gasteiger partial charge in [0.1, 0.15) is 11.8 Å². The van der Waals surface area contributed by atoms with E-state index in [1.807, 2.05) is 12.3 Å². The molecule has 0 saturated carbocycles. The van der Waals surface area contributed by atoms with E-state index in [1.165, 1.54) is 5.56 Å². The van der Waals surface area contributed by atoms with Gasteiger partial charge in [-0.05, 0) is 30.4 Å². The zero-order valence-corrected chi connectivity index (χ0v) is 11.7. The maximum absolute atomic E-state index is 10.6. The molecule has 0 aliphatic rings. The molecule has 1 atom stereocenters. The van der Waals surface area contributed by atoms with E-state index < -0.39 is 6.10 Å². The number of nitrogens with zero attached hydrogens (tertiary/aromatic N) is 2. The quantitative estimate of drug-likeness (QED) is 0.905. The number of ether oxygens (including phenoxy) is 1. The average Bonchev–Trinajstić information content (AvgIpc) is 3.03. The van der Waals surface area contributed by atoms with Crippen LogP contribution in [0.1, 0.15) is 36.1 Å². The largest absolute Gasteiger partial charge is 0.493 e. The van der Waals surface area contributed by atoms with Crippen LogP contribution in [-0.2, 0) is 13.0 Å². The highest BCUT2D eigenvalue weighted by Crippen LogP contribution is 2.34. The van der Waals surface area contributed by atoms with Crippen LogP contribution in [0, 0.1) is 0 Å². The van der Waals surface area contributed by atoms with Crippen molar-refractivity contribution in [2.45, 2.75) is 32.9 Å². The van der Waals surface area contributed by atoms with Gasteiger partial charge in [0.25, 0.3) is 0 Å². The summed E-state index contributed by atoms with van der Waals surface area (Å²) >= 11 is 1.57. The molecule has 0 aliphatic heterocycles. The van der Waals surface area contributed by atoms with Crippen molar-refractivity contribution >= 4 is 11.3 Å². The minimum absolute atomic E-state index is 0.639. The summed E-state index contributed by atoms with van der Waals surface area (Å²) in [5.41, 5.74) is 1.91. The number of aliphatic hydroxyl groups is 1. The molecule has 18 heavy (non-hydrogen) atoms. The smallest absolute Gasteiger partial charge is 0.163 e. The SMILES string of the molecule is CCc1ccsc1C(O)c1c(OC)cnn1CC. The Balaban J connectivity index is 2.44. The highest BCUT2D eigenvalue weighted by Gasteiger charge is 2.23. The van der Waals surface area contributed by atoms with Gasteiger partial charge in [0.15, 0.2) is 5.75 Å². The number of aryl methyl sites for hydroxylation is 2. The second-order valence-electron chi connectivity index (χ2n) is 3.98. The van der Waals surface area contributed by atoms with E-state index in [4.69, 9.17) is 4.74 Å². The number of hydrogen-bond donors (Lipinski definition) is 1. The molecule has 2 aromatic rings. The van der Waals surface area contributed by atoms with E-state index in [2.05, 4.69) is 18.1 Å². The average molecular weight is 266 g/mol. The van der Waals surface area contributed by atoms with Crippen LogP contribution < -0.4 is 4.74 Å². The number of aliphatic hydroxyl groups excluding tert-OH is 1. The Morgan fingerprint density at radius 1 is 1.50 bits per heavy atom. The molecule has 2 heterocycles. The Morgan fingerprint density at radius 2 is 2.28 bits per heavy atom. The molecule has 2 rings (SSSR count). The van der Waals surface area contributed by atoms with Gasteiger partial charge in [0.05, 0.1) is 13.3 Å². The first-order chi connectivity index (χ1) is 8.72. The molecule has 0 aromatic carbocycles. The van der Waals surface area contributed by atoms with Crippen LogP contribution in [0.4, 0.5) is 0 Å². The molecule has 0 bridgehead atoms. The van der Waals surface area contributed by atoms with Crippen molar-refractivity contribution in [1.29, 1.82) is 0 Å². The molecule has 0 amide bonds. The fourth-order valence-electron chi connectivity index (χ4n) is 2.07. The third-order valence-electron chi connectivity index (χ3n) is 3.03. The van der Waals surface area contributed by atoms with Crippen LogP contribution in [0.25, 0.3) is 0 Å². The van der Waals surface area contributed by atoms with Crippen molar-refractivity contribution in [3.05, 3.63) is 33.8 Å². The van der Waals surface area contributed by atoms with Crippen molar-refractivity contribution in [3.63, 3.8) is 0 Å². The van der Waals surface area contributed by atoms with Crippen molar-refractivity contribution in [2.24, 2.45) is 0 Å². The Labute approximate surface area is 111 Å². The first kappa shape index (κ1) is 13.1. The van der Waals surface area contributed by atoms with Gasteiger partial charge in [0, 0.05) is 11.4 Å². The predicted octanol–water partition coefficient (Wildman–Crippen LogP) is 2.62. The Kier molecular flexibility index (Phi) is 4.04. The molecule has 0 aliphatic carbocycles. The molecule has 1 N–H and O–H groups in total. The van der Waals surface area contributed by atoms with Crippen molar-refractivity contribution in [2.75, 3.05) is 7.11 Å². The van der Waals surface area contributed by atoms with Gasteiger partial charge < -0.3 is 9.84 Å². The lowest BCUT2D eigenvalue weighted by Crippen LogP contribution is -2.10.